The van der Waals surface area contributed by atoms with Crippen LogP contribution in [0.4, 0.5) is 0 Å². The van der Waals surface area contributed by atoms with E-state index in [2.05, 4.69) is 22.2 Å². The van der Waals surface area contributed by atoms with Crippen molar-refractivity contribution < 1.29 is 9.47 Å². The van der Waals surface area contributed by atoms with Gasteiger partial charge >= 0.3 is 0 Å². The maximum Gasteiger partial charge on any atom is 0.0700 e. The lowest BCUT2D eigenvalue weighted by Crippen LogP contribution is -2.46. The van der Waals surface area contributed by atoms with E-state index in [4.69, 9.17) is 9.47 Å². The van der Waals surface area contributed by atoms with E-state index in [0.29, 0.717) is 13.2 Å². The van der Waals surface area contributed by atoms with Crippen LogP contribution in [0.1, 0.15) is 0 Å². The smallest absolute Gasteiger partial charge is 0.0700 e. The highest BCUT2D eigenvalue weighted by Crippen LogP contribution is 1.97. The largest absolute Gasteiger partial charge is 0.382 e. The second-order valence-corrected chi connectivity index (χ2v) is 4.50. The fourth-order valence-electron chi connectivity index (χ4n) is 1.82. The summed E-state index contributed by atoms with van der Waals surface area (Å²) in [6, 6.07) is 0. The van der Waals surface area contributed by atoms with Crippen LogP contribution >= 0.6 is 0 Å². The highest BCUT2D eigenvalue weighted by atomic mass is 16.5. The molecule has 5 nitrogen and oxygen atoms in total. The van der Waals surface area contributed by atoms with Crippen LogP contribution in [0.15, 0.2) is 0 Å². The molecule has 0 atom stereocenters. The molecule has 102 valence electrons. The fourth-order valence-corrected chi connectivity index (χ4v) is 1.82. The summed E-state index contributed by atoms with van der Waals surface area (Å²) in [6.07, 6.45) is 0. The summed E-state index contributed by atoms with van der Waals surface area (Å²) in [5.74, 6) is 0. The topological polar surface area (TPSA) is 37.0 Å². The van der Waals surface area contributed by atoms with Crippen molar-refractivity contribution in [2.24, 2.45) is 0 Å². The van der Waals surface area contributed by atoms with Crippen molar-refractivity contribution in [3.05, 3.63) is 0 Å². The van der Waals surface area contributed by atoms with Crippen LogP contribution in [-0.4, -0.2) is 89.6 Å². The van der Waals surface area contributed by atoms with Crippen molar-refractivity contribution in [1.29, 1.82) is 0 Å². The molecule has 1 fully saturated rings. The van der Waals surface area contributed by atoms with Crippen molar-refractivity contribution >= 4 is 0 Å². The third kappa shape index (κ3) is 7.68. The van der Waals surface area contributed by atoms with E-state index in [1.165, 1.54) is 26.2 Å². The predicted octanol–water partition coefficient (Wildman–Crippen LogP) is -0.514. The summed E-state index contributed by atoms with van der Waals surface area (Å²) >= 11 is 0. The van der Waals surface area contributed by atoms with Gasteiger partial charge < -0.3 is 19.7 Å². The van der Waals surface area contributed by atoms with Crippen molar-refractivity contribution in [2.75, 3.05) is 79.8 Å². The van der Waals surface area contributed by atoms with Crippen molar-refractivity contribution in [1.82, 2.24) is 15.1 Å². The predicted molar refractivity (Wildman–Crippen MR) is 69.5 cm³/mol. The van der Waals surface area contributed by atoms with Gasteiger partial charge in [-0.05, 0) is 7.05 Å². The summed E-state index contributed by atoms with van der Waals surface area (Å²) in [5.41, 5.74) is 0. The van der Waals surface area contributed by atoms with Gasteiger partial charge in [-0.15, -0.1) is 0 Å². The van der Waals surface area contributed by atoms with E-state index in [9.17, 15) is 0 Å². The Labute approximate surface area is 105 Å². The van der Waals surface area contributed by atoms with Gasteiger partial charge in [-0.2, -0.15) is 0 Å². The van der Waals surface area contributed by atoms with Gasteiger partial charge in [0.2, 0.25) is 0 Å². The summed E-state index contributed by atoms with van der Waals surface area (Å²) in [7, 11) is 3.88. The second-order valence-electron chi connectivity index (χ2n) is 4.50. The number of hydrogen-bond donors (Lipinski definition) is 1. The molecule has 0 radical (unpaired) electrons. The van der Waals surface area contributed by atoms with Gasteiger partial charge in [0.05, 0.1) is 19.8 Å². The number of nitrogens with zero attached hydrogens (tertiary/aromatic N) is 2. The van der Waals surface area contributed by atoms with E-state index in [-0.39, 0.29) is 0 Å². The molecule has 0 amide bonds. The van der Waals surface area contributed by atoms with Crippen LogP contribution in [0.2, 0.25) is 0 Å². The molecule has 1 heterocycles. The molecule has 0 aliphatic carbocycles. The van der Waals surface area contributed by atoms with Crippen LogP contribution in [0, 0.1) is 0 Å². The maximum atomic E-state index is 5.37. The Kier molecular flexibility index (Phi) is 8.56. The molecule has 1 rings (SSSR count). The summed E-state index contributed by atoms with van der Waals surface area (Å²) in [4.78, 5) is 4.90. The van der Waals surface area contributed by atoms with Crippen LogP contribution in [0.25, 0.3) is 0 Å². The first-order valence-electron chi connectivity index (χ1n) is 6.51. The standard InChI is InChI=1S/C12H27N3O2/c1-14-6-8-15(9-7-14)5-3-13-4-10-17-12-11-16-2/h13H,3-12H2,1-2H3. The van der Waals surface area contributed by atoms with Crippen LogP contribution < -0.4 is 5.32 Å². The number of hydrogen-bond acceptors (Lipinski definition) is 5. The third-order valence-electron chi connectivity index (χ3n) is 3.06. The quantitative estimate of drug-likeness (QED) is 0.554. The zero-order valence-corrected chi connectivity index (χ0v) is 11.3. The Morgan fingerprint density at radius 1 is 1.00 bits per heavy atom. The zero-order chi connectivity index (χ0) is 12.3. The lowest BCUT2D eigenvalue weighted by Gasteiger charge is -2.32. The van der Waals surface area contributed by atoms with Gasteiger partial charge in [0.15, 0.2) is 0 Å². The fraction of sp³-hybridized carbons (Fsp3) is 1.00. The Bertz CT molecular complexity index is 173. The molecular weight excluding hydrogens is 218 g/mol. The Morgan fingerprint density at radius 2 is 1.76 bits per heavy atom. The first-order valence-corrected chi connectivity index (χ1v) is 6.51. The Hall–Kier alpha value is -0.200. The highest BCUT2D eigenvalue weighted by molar-refractivity contribution is 4.69. The van der Waals surface area contributed by atoms with Crippen LogP contribution in [-0.2, 0) is 9.47 Å². The number of rotatable bonds is 9. The van der Waals surface area contributed by atoms with Gasteiger partial charge in [-0.25, -0.2) is 0 Å². The minimum Gasteiger partial charge on any atom is -0.382 e. The summed E-state index contributed by atoms with van der Waals surface area (Å²) in [5, 5.41) is 3.40. The molecule has 5 heteroatoms. The number of piperazine rings is 1. The molecule has 0 aromatic rings. The molecule has 1 aliphatic heterocycles. The van der Waals surface area contributed by atoms with Crippen LogP contribution in [0.3, 0.4) is 0 Å². The Morgan fingerprint density at radius 3 is 2.47 bits per heavy atom. The molecule has 0 aromatic heterocycles. The molecule has 0 spiro atoms. The second kappa shape index (κ2) is 9.79. The summed E-state index contributed by atoms with van der Waals surface area (Å²) < 4.78 is 10.3. The Balaban J connectivity index is 1.81. The van der Waals surface area contributed by atoms with Crippen molar-refractivity contribution in [3.8, 4) is 0 Å². The number of likely N-dealkylation sites (N-methyl/N-ethyl adjacent to an activating group) is 1. The normalized spacial score (nSPS) is 18.7. The molecule has 0 bridgehead atoms. The van der Waals surface area contributed by atoms with Gasteiger partial charge in [0.25, 0.3) is 0 Å². The van der Waals surface area contributed by atoms with Crippen molar-refractivity contribution in [3.63, 3.8) is 0 Å². The number of ether oxygens (including phenoxy) is 2. The van der Waals surface area contributed by atoms with Gasteiger partial charge in [0.1, 0.15) is 0 Å². The maximum absolute atomic E-state index is 5.37. The lowest BCUT2D eigenvalue weighted by molar-refractivity contribution is 0.0715. The average Bonchev–Trinajstić information content (AvgIpc) is 2.35. The molecule has 0 saturated carbocycles. The number of nitrogens with one attached hydrogen (secondary N) is 1. The summed E-state index contributed by atoms with van der Waals surface area (Å²) in [6.45, 7) is 10.1. The van der Waals surface area contributed by atoms with Gasteiger partial charge in [-0.3, -0.25) is 4.90 Å². The van der Waals surface area contributed by atoms with Crippen LogP contribution in [0.5, 0.6) is 0 Å². The van der Waals surface area contributed by atoms with Crippen molar-refractivity contribution in [2.45, 2.75) is 0 Å². The highest BCUT2D eigenvalue weighted by Gasteiger charge is 2.12. The minimum absolute atomic E-state index is 0.682. The van der Waals surface area contributed by atoms with Gasteiger partial charge in [-0.1, -0.05) is 0 Å². The third-order valence-corrected chi connectivity index (χ3v) is 3.06. The molecule has 0 aromatic carbocycles. The van der Waals surface area contributed by atoms with Gasteiger partial charge in [0, 0.05) is 52.9 Å². The molecule has 1 N–H and O–H groups in total. The first-order chi connectivity index (χ1) is 8.33. The molecule has 1 saturated heterocycles. The minimum atomic E-state index is 0.682. The monoisotopic (exact) mass is 245 g/mol. The van der Waals surface area contributed by atoms with E-state index in [1.54, 1.807) is 7.11 Å². The van der Waals surface area contributed by atoms with E-state index in [0.717, 1.165) is 26.2 Å². The molecule has 1 aliphatic rings. The van der Waals surface area contributed by atoms with E-state index in [1.807, 2.05) is 0 Å². The first kappa shape index (κ1) is 14.9. The zero-order valence-electron chi connectivity index (χ0n) is 11.3. The van der Waals surface area contributed by atoms with E-state index >= 15 is 0 Å². The van der Waals surface area contributed by atoms with E-state index < -0.39 is 0 Å². The number of methoxy groups -OCH3 is 1. The lowest BCUT2D eigenvalue weighted by atomic mass is 10.3. The molecule has 0 unspecified atom stereocenters. The molecular formula is C12H27N3O2. The molecule has 17 heavy (non-hydrogen) atoms. The average molecular weight is 245 g/mol. The SMILES string of the molecule is COCCOCCNCCN1CCN(C)CC1.